The van der Waals surface area contributed by atoms with Crippen molar-refractivity contribution in [1.82, 2.24) is 9.97 Å². The highest BCUT2D eigenvalue weighted by Crippen LogP contribution is 2.23. The van der Waals surface area contributed by atoms with Crippen molar-refractivity contribution < 1.29 is 19.1 Å². The maximum atomic E-state index is 12.5. The lowest BCUT2D eigenvalue weighted by atomic mass is 10.00. The van der Waals surface area contributed by atoms with Gasteiger partial charge in [-0.25, -0.2) is 14.6 Å². The molecule has 1 heterocycles. The van der Waals surface area contributed by atoms with Crippen molar-refractivity contribution in [2.45, 2.75) is 65.2 Å². The first-order valence-electron chi connectivity index (χ1n) is 10.1. The molecule has 2 aromatic rings. The summed E-state index contributed by atoms with van der Waals surface area (Å²) in [5.41, 5.74) is 1.28. The number of esters is 2. The highest BCUT2D eigenvalue weighted by Gasteiger charge is 2.20. The zero-order valence-electron chi connectivity index (χ0n) is 17.0. The Morgan fingerprint density at radius 2 is 1.71 bits per heavy atom. The van der Waals surface area contributed by atoms with Crippen LogP contribution in [0.4, 0.5) is 0 Å². The molecule has 2 rings (SSSR count). The first kappa shape index (κ1) is 21.7. The number of carbonyl (C=O) groups is 2. The van der Waals surface area contributed by atoms with E-state index in [1.165, 1.54) is 38.2 Å². The minimum atomic E-state index is -0.642. The Morgan fingerprint density at radius 3 is 2.39 bits per heavy atom. The summed E-state index contributed by atoms with van der Waals surface area (Å²) in [6, 6.07) is 6.57. The molecule has 0 aliphatic carbocycles. The predicted octanol–water partition coefficient (Wildman–Crippen LogP) is 5.27. The Bertz CT molecular complexity index is 769. The molecule has 152 valence electrons. The molecule has 1 atom stereocenters. The van der Waals surface area contributed by atoms with Gasteiger partial charge in [0, 0.05) is 5.69 Å². The number of H-pyrrole nitrogens is 1. The van der Waals surface area contributed by atoms with Gasteiger partial charge in [-0.1, -0.05) is 58.1 Å². The largest absolute Gasteiger partial charge is 0.462 e. The fraction of sp³-hybridized carbons (Fsp3) is 0.500. The van der Waals surface area contributed by atoms with Gasteiger partial charge in [-0.05, 0) is 31.4 Å². The van der Waals surface area contributed by atoms with Crippen molar-refractivity contribution in [2.24, 2.45) is 0 Å². The zero-order chi connectivity index (χ0) is 20.4. The number of rotatable bonds is 11. The highest BCUT2D eigenvalue weighted by molar-refractivity contribution is 6.03. The maximum Gasteiger partial charge on any atom is 0.346 e. The fourth-order valence-electron chi connectivity index (χ4n) is 3.02. The van der Waals surface area contributed by atoms with Crippen LogP contribution in [0.15, 0.2) is 30.5 Å². The normalized spacial score (nSPS) is 11.8. The monoisotopic (exact) mass is 386 g/mol. The molecule has 28 heavy (non-hydrogen) atoms. The van der Waals surface area contributed by atoms with Gasteiger partial charge in [0.15, 0.2) is 0 Å². The van der Waals surface area contributed by atoms with Crippen LogP contribution in [0, 0.1) is 0 Å². The van der Waals surface area contributed by atoms with Crippen LogP contribution in [0.1, 0.15) is 91.6 Å². The molecule has 0 saturated carbocycles. The molecule has 1 aromatic heterocycles. The number of aromatic nitrogens is 2. The van der Waals surface area contributed by atoms with Crippen molar-refractivity contribution in [3.05, 3.63) is 47.3 Å². The Morgan fingerprint density at radius 1 is 1.04 bits per heavy atom. The number of hydrogen-bond acceptors (Lipinski definition) is 5. The third kappa shape index (κ3) is 6.22. The van der Waals surface area contributed by atoms with Gasteiger partial charge in [0.05, 0.1) is 23.9 Å². The second-order valence-electron chi connectivity index (χ2n) is 6.90. The average molecular weight is 386 g/mol. The summed E-state index contributed by atoms with van der Waals surface area (Å²) >= 11 is 0. The predicted molar refractivity (Wildman–Crippen MR) is 108 cm³/mol. The molecule has 1 N–H and O–H groups in total. The van der Waals surface area contributed by atoms with E-state index < -0.39 is 11.9 Å². The van der Waals surface area contributed by atoms with E-state index in [9.17, 15) is 9.59 Å². The minimum Gasteiger partial charge on any atom is -0.462 e. The Kier molecular flexibility index (Phi) is 8.72. The van der Waals surface area contributed by atoms with Crippen LogP contribution in [-0.4, -0.2) is 28.5 Å². The minimum absolute atomic E-state index is 0.136. The number of unbranched alkanes of at least 4 members (excludes halogenated alkanes) is 4. The van der Waals surface area contributed by atoms with Crippen LogP contribution in [0.5, 0.6) is 6.01 Å². The van der Waals surface area contributed by atoms with E-state index in [1.54, 1.807) is 31.3 Å². The number of ether oxygens (including phenoxy) is 2. The third-order valence-electron chi connectivity index (χ3n) is 4.68. The highest BCUT2D eigenvalue weighted by atomic mass is 16.6. The Balaban J connectivity index is 1.96. The molecule has 0 saturated heterocycles. The molecule has 0 aliphatic heterocycles. The summed E-state index contributed by atoms with van der Waals surface area (Å²) in [4.78, 5) is 31.8. The average Bonchev–Trinajstić information content (AvgIpc) is 3.16. The van der Waals surface area contributed by atoms with Gasteiger partial charge in [0.1, 0.15) is 0 Å². The lowest BCUT2D eigenvalue weighted by Gasteiger charge is -2.09. The molecule has 0 bridgehead atoms. The molecule has 0 spiro atoms. The molecule has 0 amide bonds. The quantitative estimate of drug-likeness (QED) is 0.420. The molecule has 1 unspecified atom stereocenters. The van der Waals surface area contributed by atoms with E-state index in [-0.39, 0.29) is 23.7 Å². The van der Waals surface area contributed by atoms with Crippen LogP contribution in [0.2, 0.25) is 0 Å². The van der Waals surface area contributed by atoms with Gasteiger partial charge in [-0.2, -0.15) is 0 Å². The standard InChI is InChI=1S/C22H30N2O4/c1-4-6-7-8-9-12-16(3)19-15-23-22(24-19)28-21(26)18-14-11-10-13-17(18)20(25)27-5-2/h10-11,13-16H,4-9,12H2,1-3H3,(H,23,24). The van der Waals surface area contributed by atoms with E-state index in [0.29, 0.717) is 5.92 Å². The van der Waals surface area contributed by atoms with Gasteiger partial charge >= 0.3 is 17.9 Å². The lowest BCUT2D eigenvalue weighted by Crippen LogP contribution is -2.16. The molecule has 0 aliphatic rings. The van der Waals surface area contributed by atoms with Gasteiger partial charge in [-0.3, -0.25) is 0 Å². The second-order valence-corrected chi connectivity index (χ2v) is 6.90. The lowest BCUT2D eigenvalue weighted by molar-refractivity contribution is 0.0516. The summed E-state index contributed by atoms with van der Waals surface area (Å²) < 4.78 is 10.3. The van der Waals surface area contributed by atoms with E-state index in [4.69, 9.17) is 9.47 Å². The van der Waals surface area contributed by atoms with Crippen molar-refractivity contribution >= 4 is 11.9 Å². The van der Waals surface area contributed by atoms with Gasteiger partial charge in [-0.15, -0.1) is 0 Å². The van der Waals surface area contributed by atoms with Crippen LogP contribution < -0.4 is 4.74 Å². The molecule has 0 radical (unpaired) electrons. The summed E-state index contributed by atoms with van der Waals surface area (Å²) in [6.07, 6.45) is 8.97. The summed E-state index contributed by atoms with van der Waals surface area (Å²) in [5, 5.41) is 0. The van der Waals surface area contributed by atoms with Crippen LogP contribution in [0.3, 0.4) is 0 Å². The van der Waals surface area contributed by atoms with Crippen LogP contribution >= 0.6 is 0 Å². The smallest absolute Gasteiger partial charge is 0.346 e. The number of imidazole rings is 1. The second kappa shape index (κ2) is 11.3. The van der Waals surface area contributed by atoms with Gasteiger partial charge in [0.25, 0.3) is 0 Å². The van der Waals surface area contributed by atoms with E-state index in [2.05, 4.69) is 23.8 Å². The van der Waals surface area contributed by atoms with Crippen molar-refractivity contribution in [3.63, 3.8) is 0 Å². The number of benzene rings is 1. The summed E-state index contributed by atoms with van der Waals surface area (Å²) in [7, 11) is 0. The Hall–Kier alpha value is -2.63. The summed E-state index contributed by atoms with van der Waals surface area (Å²) in [5.74, 6) is -0.878. The van der Waals surface area contributed by atoms with Crippen LogP contribution in [-0.2, 0) is 4.74 Å². The number of carbonyl (C=O) groups excluding carboxylic acids is 2. The maximum absolute atomic E-state index is 12.5. The molecule has 0 fully saturated rings. The SMILES string of the molecule is CCCCCCCC(C)c1cnc(OC(=O)c2ccccc2C(=O)OCC)[nH]1. The van der Waals surface area contributed by atoms with E-state index in [0.717, 1.165) is 12.1 Å². The number of hydrogen-bond donors (Lipinski definition) is 1. The third-order valence-corrected chi connectivity index (χ3v) is 4.68. The van der Waals surface area contributed by atoms with Crippen molar-refractivity contribution in [1.29, 1.82) is 0 Å². The van der Waals surface area contributed by atoms with Crippen molar-refractivity contribution in [2.75, 3.05) is 6.61 Å². The molecular formula is C22H30N2O4. The Labute approximate surface area is 166 Å². The topological polar surface area (TPSA) is 81.3 Å². The number of aromatic amines is 1. The van der Waals surface area contributed by atoms with Gasteiger partial charge in [0.2, 0.25) is 0 Å². The number of nitrogens with zero attached hydrogens (tertiary/aromatic N) is 1. The molecule has 1 aromatic carbocycles. The molecule has 6 nitrogen and oxygen atoms in total. The van der Waals surface area contributed by atoms with Crippen molar-refractivity contribution in [3.8, 4) is 6.01 Å². The van der Waals surface area contributed by atoms with E-state index >= 15 is 0 Å². The number of nitrogens with one attached hydrogen (secondary N) is 1. The summed E-state index contributed by atoms with van der Waals surface area (Å²) in [6.45, 7) is 6.30. The van der Waals surface area contributed by atoms with Crippen LogP contribution in [0.25, 0.3) is 0 Å². The van der Waals surface area contributed by atoms with Gasteiger partial charge < -0.3 is 14.5 Å². The molecular weight excluding hydrogens is 356 g/mol. The zero-order valence-corrected chi connectivity index (χ0v) is 17.0. The first-order valence-corrected chi connectivity index (χ1v) is 10.1. The first-order chi connectivity index (χ1) is 13.6. The molecule has 6 heteroatoms. The van der Waals surface area contributed by atoms with E-state index in [1.807, 2.05) is 0 Å². The fourth-order valence-corrected chi connectivity index (χ4v) is 3.02.